The number of aliphatic imine (C=N–C) groups is 1. The van der Waals surface area contributed by atoms with Crippen LogP contribution in [0.5, 0.6) is 0 Å². The van der Waals surface area contributed by atoms with Crippen molar-refractivity contribution < 1.29 is 22.5 Å². The fraction of sp³-hybridized carbons (Fsp3) is 0.391. The quantitative estimate of drug-likeness (QED) is 0.609. The summed E-state index contributed by atoms with van der Waals surface area (Å²) in [7, 11) is -1.52. The van der Waals surface area contributed by atoms with Crippen molar-refractivity contribution in [1.29, 1.82) is 0 Å². The topological polar surface area (TPSA) is 84.5 Å². The van der Waals surface area contributed by atoms with Crippen molar-refractivity contribution in [3.63, 3.8) is 0 Å². The van der Waals surface area contributed by atoms with Crippen molar-refractivity contribution in [2.45, 2.75) is 51.1 Å². The van der Waals surface area contributed by atoms with E-state index in [1.165, 1.54) is 41.6 Å². The van der Waals surface area contributed by atoms with Gasteiger partial charge in [0.2, 0.25) is 0 Å². The summed E-state index contributed by atoms with van der Waals surface area (Å²) in [5.41, 5.74) is 0.565. The van der Waals surface area contributed by atoms with Gasteiger partial charge < -0.3 is 4.74 Å². The van der Waals surface area contributed by atoms with E-state index in [0.29, 0.717) is 17.1 Å². The van der Waals surface area contributed by atoms with Gasteiger partial charge in [0.15, 0.2) is 16.5 Å². The van der Waals surface area contributed by atoms with E-state index in [1.807, 2.05) is 0 Å². The number of rotatable bonds is 3. The summed E-state index contributed by atoms with van der Waals surface area (Å²) >= 11 is 0. The maximum atomic E-state index is 14.7. The van der Waals surface area contributed by atoms with Gasteiger partial charge >= 0.3 is 6.09 Å². The second kappa shape index (κ2) is 8.09. The minimum Gasteiger partial charge on any atom is -0.443 e. The summed E-state index contributed by atoms with van der Waals surface area (Å²) in [6.45, 7) is 8.59. The molecule has 33 heavy (non-hydrogen) atoms. The second-order valence-corrected chi connectivity index (χ2v) is 10.9. The van der Waals surface area contributed by atoms with Gasteiger partial charge in [-0.25, -0.2) is 18.5 Å². The molecule has 0 saturated carbocycles. The molecule has 2 aliphatic heterocycles. The highest BCUT2D eigenvalue weighted by atomic mass is 32.2. The molecular formula is C23H24F2N4O3S. The molecule has 3 heterocycles. The Morgan fingerprint density at radius 1 is 1.30 bits per heavy atom. The number of aryl methyl sites for hydroxylation is 1. The molecule has 2 aliphatic rings. The summed E-state index contributed by atoms with van der Waals surface area (Å²) in [6.07, 6.45) is 3.36. The Bertz CT molecular complexity index is 1210. The van der Waals surface area contributed by atoms with Crippen molar-refractivity contribution in [3.05, 3.63) is 58.9 Å². The lowest BCUT2D eigenvalue weighted by molar-refractivity contribution is 0.0424. The van der Waals surface area contributed by atoms with E-state index < -0.39 is 45.1 Å². The molecule has 0 N–H and O–H groups in total. The van der Waals surface area contributed by atoms with E-state index in [-0.39, 0.29) is 17.0 Å². The van der Waals surface area contributed by atoms with Crippen LogP contribution in [-0.2, 0) is 15.5 Å². The largest absolute Gasteiger partial charge is 0.443 e. The Hall–Kier alpha value is -3.01. The molecule has 0 radical (unpaired) electrons. The first-order valence-corrected chi connectivity index (χ1v) is 11.7. The molecule has 0 aliphatic carbocycles. The lowest BCUT2D eigenvalue weighted by atomic mass is 10.0. The van der Waals surface area contributed by atoms with Crippen LogP contribution in [0.2, 0.25) is 0 Å². The molecule has 1 amide bonds. The maximum absolute atomic E-state index is 14.7. The van der Waals surface area contributed by atoms with Crippen LogP contribution in [0.1, 0.15) is 56.3 Å². The molecule has 1 fully saturated rings. The Morgan fingerprint density at radius 2 is 2.03 bits per heavy atom. The summed E-state index contributed by atoms with van der Waals surface area (Å²) < 4.78 is 47.7. The zero-order valence-electron chi connectivity index (χ0n) is 18.9. The van der Waals surface area contributed by atoms with E-state index in [1.54, 1.807) is 34.6 Å². The van der Waals surface area contributed by atoms with Gasteiger partial charge in [0.05, 0.1) is 34.5 Å². The number of fused-ring (bicyclic) bond motifs is 1. The van der Waals surface area contributed by atoms with E-state index in [2.05, 4.69) is 15.0 Å². The van der Waals surface area contributed by atoms with E-state index in [9.17, 15) is 17.8 Å². The number of nitrogens with zero attached hydrogens (tertiary/aromatic N) is 4. The molecule has 3 atom stereocenters. The molecule has 1 aromatic carbocycles. The molecule has 4 rings (SSSR count). The highest BCUT2D eigenvalue weighted by Crippen LogP contribution is 2.46. The van der Waals surface area contributed by atoms with E-state index >= 15 is 0 Å². The van der Waals surface area contributed by atoms with Gasteiger partial charge in [0.25, 0.3) is 0 Å². The van der Waals surface area contributed by atoms with Gasteiger partial charge in [0, 0.05) is 11.8 Å². The van der Waals surface area contributed by atoms with Crippen molar-refractivity contribution in [3.8, 4) is 0 Å². The van der Waals surface area contributed by atoms with Crippen LogP contribution in [0.25, 0.3) is 11.9 Å². The molecule has 1 saturated heterocycles. The predicted octanol–water partition coefficient (Wildman–Crippen LogP) is 4.56. The normalized spacial score (nSPS) is 24.8. The number of carbonyl (C=O) groups is 1. The summed E-state index contributed by atoms with van der Waals surface area (Å²) in [6, 6.07) is 3.33. The first-order chi connectivity index (χ1) is 15.4. The van der Waals surface area contributed by atoms with Crippen LogP contribution in [0.4, 0.5) is 13.6 Å². The number of amidine groups is 1. The zero-order chi connectivity index (χ0) is 24.1. The number of hydrogen-bond acceptors (Lipinski definition) is 6. The van der Waals surface area contributed by atoms with Crippen LogP contribution in [0.3, 0.4) is 0 Å². The Kier molecular flexibility index (Phi) is 5.68. The molecule has 174 valence electrons. The fourth-order valence-corrected chi connectivity index (χ4v) is 5.08. The molecule has 2 aromatic rings. The minimum atomic E-state index is -1.52. The number of amides is 1. The standard InChI is InChI=1S/C23H24F2N4O3S/c1-13-10-27-18(11-26-13)17(25)9-14-6-7-16(24)15(8-14)19-12-33(31)23(5)20(28-19)29(23)21(30)32-22(2,3)4/h6-11,19H,12H2,1-5H3/b17-9-. The van der Waals surface area contributed by atoms with Gasteiger partial charge in [-0.05, 0) is 58.4 Å². The Balaban J connectivity index is 1.63. The van der Waals surface area contributed by atoms with E-state index in [4.69, 9.17) is 4.74 Å². The monoisotopic (exact) mass is 474 g/mol. The molecule has 1 aromatic heterocycles. The van der Waals surface area contributed by atoms with Crippen LogP contribution >= 0.6 is 0 Å². The number of benzene rings is 1. The maximum Gasteiger partial charge on any atom is 0.417 e. The van der Waals surface area contributed by atoms with Crippen LogP contribution in [-0.4, -0.2) is 47.2 Å². The molecule has 10 heteroatoms. The molecular weight excluding hydrogens is 450 g/mol. The molecule has 3 unspecified atom stereocenters. The van der Waals surface area contributed by atoms with Crippen molar-refractivity contribution in [2.24, 2.45) is 4.99 Å². The van der Waals surface area contributed by atoms with Crippen molar-refractivity contribution >= 4 is 34.6 Å². The fourth-order valence-electron chi connectivity index (χ4n) is 3.55. The van der Waals surface area contributed by atoms with Crippen molar-refractivity contribution in [1.82, 2.24) is 14.9 Å². The summed E-state index contributed by atoms with van der Waals surface area (Å²) in [5, 5.41) is 0. The zero-order valence-corrected chi connectivity index (χ0v) is 19.7. The summed E-state index contributed by atoms with van der Waals surface area (Å²) in [4.78, 5) is 25.3. The molecule has 7 nitrogen and oxygen atoms in total. The van der Waals surface area contributed by atoms with Gasteiger partial charge in [-0.1, -0.05) is 6.07 Å². The van der Waals surface area contributed by atoms with Crippen LogP contribution in [0, 0.1) is 12.7 Å². The van der Waals surface area contributed by atoms with Gasteiger partial charge in [-0.2, -0.15) is 0 Å². The third kappa shape index (κ3) is 4.44. The third-order valence-corrected chi connectivity index (χ3v) is 7.18. The van der Waals surface area contributed by atoms with Crippen molar-refractivity contribution in [2.75, 3.05) is 5.75 Å². The SMILES string of the molecule is Cc1cnc(/C(F)=C/c2ccc(F)c(C3CS(=O)C4(C)C(=N3)N4C(=O)OC(C)(C)C)c2)cn1. The number of carbonyl (C=O) groups excluding carboxylic acids is 1. The van der Waals surface area contributed by atoms with Gasteiger partial charge in [-0.3, -0.25) is 19.2 Å². The first kappa shape index (κ1) is 23.2. The molecule has 0 spiro atoms. The average Bonchev–Trinajstić information content (AvgIpc) is 3.35. The predicted molar refractivity (Wildman–Crippen MR) is 122 cm³/mol. The average molecular weight is 475 g/mol. The highest BCUT2D eigenvalue weighted by molar-refractivity contribution is 7.88. The lowest BCUT2D eigenvalue weighted by Gasteiger charge is -2.21. The minimum absolute atomic E-state index is 0.0231. The number of ether oxygens (including phenoxy) is 1. The second-order valence-electron chi connectivity index (χ2n) is 9.10. The third-order valence-electron chi connectivity index (χ3n) is 5.31. The Labute approximate surface area is 193 Å². The van der Waals surface area contributed by atoms with Crippen LogP contribution < -0.4 is 0 Å². The smallest absolute Gasteiger partial charge is 0.417 e. The Morgan fingerprint density at radius 3 is 2.67 bits per heavy atom. The first-order valence-electron chi connectivity index (χ1n) is 10.4. The lowest BCUT2D eigenvalue weighted by Crippen LogP contribution is -2.33. The summed E-state index contributed by atoms with van der Waals surface area (Å²) in [5.74, 6) is -0.852. The number of aromatic nitrogens is 2. The molecule has 0 bridgehead atoms. The van der Waals surface area contributed by atoms with Gasteiger partial charge in [0.1, 0.15) is 17.1 Å². The highest BCUT2D eigenvalue weighted by Gasteiger charge is 2.67. The van der Waals surface area contributed by atoms with Gasteiger partial charge in [-0.15, -0.1) is 0 Å². The van der Waals surface area contributed by atoms with E-state index in [0.717, 1.165) is 0 Å². The number of hydrogen-bond donors (Lipinski definition) is 0. The number of halogens is 2. The van der Waals surface area contributed by atoms with Crippen LogP contribution in [0.15, 0.2) is 35.6 Å².